The number of fused-ring (bicyclic) bond motifs is 2. The second kappa shape index (κ2) is 6.77. The molecule has 4 rings (SSSR count). The van der Waals surface area contributed by atoms with E-state index in [0.29, 0.717) is 11.8 Å². The van der Waals surface area contributed by atoms with Crippen LogP contribution in [0.3, 0.4) is 0 Å². The van der Waals surface area contributed by atoms with Crippen molar-refractivity contribution in [1.82, 2.24) is 5.32 Å². The summed E-state index contributed by atoms with van der Waals surface area (Å²) in [5, 5.41) is 3.73. The number of carbonyl (C=O) groups is 2. The van der Waals surface area contributed by atoms with Gasteiger partial charge in [0.1, 0.15) is 11.7 Å². The van der Waals surface area contributed by atoms with Gasteiger partial charge in [0.05, 0.1) is 18.3 Å². The van der Waals surface area contributed by atoms with Crippen molar-refractivity contribution >= 4 is 11.9 Å². The lowest BCUT2D eigenvalue weighted by Gasteiger charge is -2.45. The van der Waals surface area contributed by atoms with Crippen LogP contribution in [-0.4, -0.2) is 42.8 Å². The molecule has 2 aliphatic carbocycles. The molecule has 2 heterocycles. The summed E-state index contributed by atoms with van der Waals surface area (Å²) in [6, 6.07) is -0.00963. The van der Waals surface area contributed by atoms with Gasteiger partial charge in [-0.05, 0) is 30.8 Å². The van der Waals surface area contributed by atoms with Crippen LogP contribution in [0.25, 0.3) is 0 Å². The fourth-order valence-corrected chi connectivity index (χ4v) is 4.65. The summed E-state index contributed by atoms with van der Waals surface area (Å²) >= 11 is 0. The average molecular weight is 370 g/mol. The Bertz CT molecular complexity index is 777. The second-order valence-electron chi connectivity index (χ2n) is 7.83. The van der Waals surface area contributed by atoms with Crippen LogP contribution in [-0.2, 0) is 19.1 Å². The number of hydrogen-bond donors (Lipinski definition) is 2. The number of amides is 1. The molecule has 6 nitrogen and oxygen atoms in total. The van der Waals surface area contributed by atoms with Gasteiger partial charge in [-0.15, -0.1) is 0 Å². The van der Waals surface area contributed by atoms with Gasteiger partial charge in [0.15, 0.2) is 0 Å². The van der Waals surface area contributed by atoms with Gasteiger partial charge in [-0.2, -0.15) is 0 Å². The quantitative estimate of drug-likeness (QED) is 0.547. The van der Waals surface area contributed by atoms with Crippen LogP contribution in [0, 0.1) is 11.8 Å². The molecular weight excluding hydrogens is 344 g/mol. The van der Waals surface area contributed by atoms with Crippen LogP contribution >= 0.6 is 0 Å². The van der Waals surface area contributed by atoms with Gasteiger partial charge in [-0.3, -0.25) is 4.79 Å². The van der Waals surface area contributed by atoms with Crippen molar-refractivity contribution in [3.63, 3.8) is 0 Å². The number of allylic oxidation sites excluding steroid dienone is 2. The molecule has 0 radical (unpaired) electrons. The predicted molar refractivity (Wildman–Crippen MR) is 100 cm³/mol. The Balaban J connectivity index is 1.75. The van der Waals surface area contributed by atoms with Gasteiger partial charge in [0, 0.05) is 12.1 Å². The van der Waals surface area contributed by atoms with E-state index in [9.17, 15) is 9.59 Å². The van der Waals surface area contributed by atoms with Crippen molar-refractivity contribution in [2.45, 2.75) is 50.0 Å². The minimum atomic E-state index is -1.01. The Morgan fingerprint density at radius 1 is 1.30 bits per heavy atom. The maximum atomic E-state index is 12.7. The van der Waals surface area contributed by atoms with Crippen molar-refractivity contribution in [3.8, 4) is 0 Å². The highest BCUT2D eigenvalue weighted by atomic mass is 16.5. The molecule has 1 saturated carbocycles. The van der Waals surface area contributed by atoms with Crippen molar-refractivity contribution in [3.05, 3.63) is 47.6 Å². The molecule has 0 aromatic carbocycles. The molecule has 0 aromatic rings. The zero-order valence-corrected chi connectivity index (χ0v) is 15.7. The fourth-order valence-electron chi connectivity index (χ4n) is 4.65. The van der Waals surface area contributed by atoms with Gasteiger partial charge in [0.2, 0.25) is 5.91 Å². The van der Waals surface area contributed by atoms with Gasteiger partial charge >= 0.3 is 5.97 Å². The smallest absolute Gasteiger partial charge is 0.337 e. The standard InChI is InChI=1S/C21H26N2O4/c1-12-6-3-4-9-14(12)23-18(13-7-5-8-13)21-11-10-15(27-21)16(19(22)24)17(21)20(25)26-2/h3-4,6,9-15,18,23H,5,7-8H2,1-2H3,(H2,22,24). The number of rotatable bonds is 6. The predicted octanol–water partition coefficient (Wildman–Crippen LogP) is 1.54. The maximum absolute atomic E-state index is 12.7. The first-order valence-electron chi connectivity index (χ1n) is 9.59. The zero-order valence-electron chi connectivity index (χ0n) is 15.7. The number of nitrogens with one attached hydrogen (secondary N) is 1. The van der Waals surface area contributed by atoms with Gasteiger partial charge in [-0.1, -0.05) is 43.7 Å². The molecule has 6 heteroatoms. The van der Waals surface area contributed by atoms with Crippen LogP contribution < -0.4 is 11.1 Å². The molecular formula is C21H26N2O4. The number of carbonyl (C=O) groups excluding carboxylic acids is 2. The third-order valence-electron chi connectivity index (χ3n) is 6.31. The zero-order chi connectivity index (χ0) is 19.2. The lowest BCUT2D eigenvalue weighted by Crippen LogP contribution is -2.60. The van der Waals surface area contributed by atoms with E-state index in [2.05, 4.69) is 24.4 Å². The SMILES string of the molecule is COC(=O)C1=C(C(N)=O)C2C=CC1(C(NC1C=CC=CC1C)C1CCC1)O2. The number of nitrogens with two attached hydrogens (primary N) is 1. The van der Waals surface area contributed by atoms with E-state index in [-0.39, 0.29) is 23.2 Å². The average Bonchev–Trinajstić information content (AvgIpc) is 3.18. The third-order valence-corrected chi connectivity index (χ3v) is 6.31. The van der Waals surface area contributed by atoms with Gasteiger partial charge in [-0.25, -0.2) is 4.79 Å². The summed E-state index contributed by atoms with van der Waals surface area (Å²) in [6.07, 6.45) is 14.8. The number of esters is 1. The first kappa shape index (κ1) is 18.2. The fraction of sp³-hybridized carbons (Fsp3) is 0.524. The van der Waals surface area contributed by atoms with E-state index in [1.807, 2.05) is 24.3 Å². The summed E-state index contributed by atoms with van der Waals surface area (Å²) in [7, 11) is 1.32. The highest BCUT2D eigenvalue weighted by Crippen LogP contribution is 2.50. The Labute approximate surface area is 159 Å². The molecule has 0 saturated heterocycles. The van der Waals surface area contributed by atoms with Crippen LogP contribution in [0.15, 0.2) is 47.6 Å². The second-order valence-corrected chi connectivity index (χ2v) is 7.83. The third kappa shape index (κ3) is 2.78. The first-order chi connectivity index (χ1) is 13.0. The number of methoxy groups -OCH3 is 1. The Kier molecular flexibility index (Phi) is 4.56. The summed E-state index contributed by atoms with van der Waals surface area (Å²) in [5.74, 6) is -0.508. The monoisotopic (exact) mass is 370 g/mol. The molecule has 5 unspecified atom stereocenters. The maximum Gasteiger partial charge on any atom is 0.337 e. The summed E-state index contributed by atoms with van der Waals surface area (Å²) in [5.41, 5.74) is 5.07. The normalized spacial score (nSPS) is 35.4. The van der Waals surface area contributed by atoms with Crippen LogP contribution in [0.1, 0.15) is 26.2 Å². The van der Waals surface area contributed by atoms with E-state index >= 15 is 0 Å². The Morgan fingerprint density at radius 3 is 2.63 bits per heavy atom. The molecule has 2 bridgehead atoms. The first-order valence-corrected chi connectivity index (χ1v) is 9.59. The molecule has 0 spiro atoms. The van der Waals surface area contributed by atoms with E-state index in [1.165, 1.54) is 7.11 Å². The van der Waals surface area contributed by atoms with Crippen LogP contribution in [0.5, 0.6) is 0 Å². The minimum Gasteiger partial charge on any atom is -0.466 e. The van der Waals surface area contributed by atoms with Gasteiger partial charge in [0.25, 0.3) is 0 Å². The molecule has 0 aromatic heterocycles. The molecule has 27 heavy (non-hydrogen) atoms. The topological polar surface area (TPSA) is 90.7 Å². The van der Waals surface area contributed by atoms with Crippen LogP contribution in [0.2, 0.25) is 0 Å². The van der Waals surface area contributed by atoms with E-state index in [4.69, 9.17) is 15.2 Å². The highest BCUT2D eigenvalue weighted by Gasteiger charge is 2.59. The van der Waals surface area contributed by atoms with Crippen molar-refractivity contribution in [2.75, 3.05) is 7.11 Å². The van der Waals surface area contributed by atoms with E-state index in [1.54, 1.807) is 0 Å². The number of primary amides is 1. The molecule has 1 amide bonds. The molecule has 1 fully saturated rings. The Hall–Kier alpha value is -2.18. The summed E-state index contributed by atoms with van der Waals surface area (Å²) < 4.78 is 11.3. The van der Waals surface area contributed by atoms with E-state index < -0.39 is 23.6 Å². The van der Waals surface area contributed by atoms with Crippen molar-refractivity contribution in [1.29, 1.82) is 0 Å². The Morgan fingerprint density at radius 2 is 2.04 bits per heavy atom. The molecule has 4 aliphatic rings. The molecule has 2 aliphatic heterocycles. The molecule has 144 valence electrons. The van der Waals surface area contributed by atoms with Gasteiger partial charge < -0.3 is 20.5 Å². The minimum absolute atomic E-state index is 0.127. The van der Waals surface area contributed by atoms with Crippen LogP contribution in [0.4, 0.5) is 0 Å². The van der Waals surface area contributed by atoms with E-state index in [0.717, 1.165) is 19.3 Å². The number of ether oxygens (including phenoxy) is 2. The van der Waals surface area contributed by atoms with Crippen molar-refractivity contribution in [2.24, 2.45) is 17.6 Å². The number of hydrogen-bond acceptors (Lipinski definition) is 5. The van der Waals surface area contributed by atoms with Crippen molar-refractivity contribution < 1.29 is 19.1 Å². The molecule has 3 N–H and O–H groups in total. The molecule has 5 atom stereocenters. The summed E-state index contributed by atoms with van der Waals surface area (Å²) in [6.45, 7) is 2.15. The largest absolute Gasteiger partial charge is 0.466 e. The lowest BCUT2D eigenvalue weighted by atomic mass is 9.69. The summed E-state index contributed by atoms with van der Waals surface area (Å²) in [4.78, 5) is 24.7. The highest BCUT2D eigenvalue weighted by molar-refractivity contribution is 6.06. The lowest BCUT2D eigenvalue weighted by molar-refractivity contribution is -0.139.